The van der Waals surface area contributed by atoms with Gasteiger partial charge in [0.25, 0.3) is 0 Å². The highest BCUT2D eigenvalue weighted by atomic mass is 19.1. The van der Waals surface area contributed by atoms with Crippen molar-refractivity contribution in [2.75, 3.05) is 11.4 Å². The first-order valence-corrected chi connectivity index (χ1v) is 8.14. The SMILES string of the molecule is CCC1CN(C(=O)NCc2ccc(F)cc2)c2cc(C)ccc2O1. The normalized spacial score (nSPS) is 16.3. The number of halogens is 1. The topological polar surface area (TPSA) is 41.6 Å². The van der Waals surface area contributed by atoms with Gasteiger partial charge in [-0.05, 0) is 48.7 Å². The molecule has 0 saturated heterocycles. The molecule has 3 rings (SSSR count). The van der Waals surface area contributed by atoms with Crippen molar-refractivity contribution in [3.63, 3.8) is 0 Å². The molecule has 2 amide bonds. The molecule has 0 aromatic heterocycles. The van der Waals surface area contributed by atoms with Crippen molar-refractivity contribution in [1.29, 1.82) is 0 Å². The molecule has 0 bridgehead atoms. The molecule has 24 heavy (non-hydrogen) atoms. The Kier molecular flexibility index (Phi) is 4.69. The lowest BCUT2D eigenvalue weighted by Crippen LogP contribution is -2.47. The van der Waals surface area contributed by atoms with Crippen molar-refractivity contribution in [3.05, 3.63) is 59.4 Å². The molecule has 0 fully saturated rings. The molecule has 0 radical (unpaired) electrons. The number of benzene rings is 2. The number of hydrogen-bond donors (Lipinski definition) is 1. The zero-order chi connectivity index (χ0) is 17.1. The summed E-state index contributed by atoms with van der Waals surface area (Å²) in [5.74, 6) is 0.448. The summed E-state index contributed by atoms with van der Waals surface area (Å²) < 4.78 is 18.9. The van der Waals surface area contributed by atoms with E-state index in [0.29, 0.717) is 13.1 Å². The fraction of sp³-hybridized carbons (Fsp3) is 0.316. The summed E-state index contributed by atoms with van der Waals surface area (Å²) >= 11 is 0. The predicted octanol–water partition coefficient (Wildman–Crippen LogP) is 4.02. The van der Waals surface area contributed by atoms with E-state index < -0.39 is 0 Å². The number of aryl methyl sites for hydroxylation is 1. The fourth-order valence-corrected chi connectivity index (χ4v) is 2.74. The van der Waals surface area contributed by atoms with E-state index in [9.17, 15) is 9.18 Å². The van der Waals surface area contributed by atoms with Gasteiger partial charge in [0.15, 0.2) is 0 Å². The lowest BCUT2D eigenvalue weighted by molar-refractivity contribution is 0.186. The molecule has 0 spiro atoms. The maximum atomic E-state index is 13.0. The van der Waals surface area contributed by atoms with Crippen molar-refractivity contribution in [3.8, 4) is 5.75 Å². The summed E-state index contributed by atoms with van der Waals surface area (Å²) in [5.41, 5.74) is 2.72. The summed E-state index contributed by atoms with van der Waals surface area (Å²) in [7, 11) is 0. The molecule has 1 heterocycles. The first kappa shape index (κ1) is 16.3. The van der Waals surface area contributed by atoms with E-state index in [1.165, 1.54) is 12.1 Å². The first-order chi connectivity index (χ1) is 11.6. The van der Waals surface area contributed by atoms with E-state index in [0.717, 1.165) is 29.0 Å². The Morgan fingerprint density at radius 2 is 2.04 bits per heavy atom. The second-order valence-corrected chi connectivity index (χ2v) is 6.02. The van der Waals surface area contributed by atoms with Crippen LogP contribution in [0.15, 0.2) is 42.5 Å². The van der Waals surface area contributed by atoms with Crippen LogP contribution in [0.1, 0.15) is 24.5 Å². The number of nitrogens with one attached hydrogen (secondary N) is 1. The third-order valence-corrected chi connectivity index (χ3v) is 4.14. The van der Waals surface area contributed by atoms with Crippen LogP contribution in [0.2, 0.25) is 0 Å². The van der Waals surface area contributed by atoms with Crippen LogP contribution in [-0.4, -0.2) is 18.7 Å². The predicted molar refractivity (Wildman–Crippen MR) is 91.9 cm³/mol. The van der Waals surface area contributed by atoms with Crippen LogP contribution in [0, 0.1) is 12.7 Å². The summed E-state index contributed by atoms with van der Waals surface area (Å²) in [6.07, 6.45) is 0.812. The highest BCUT2D eigenvalue weighted by molar-refractivity contribution is 5.94. The number of carbonyl (C=O) groups is 1. The number of fused-ring (bicyclic) bond motifs is 1. The van der Waals surface area contributed by atoms with Crippen LogP contribution in [-0.2, 0) is 6.54 Å². The largest absolute Gasteiger partial charge is 0.486 e. The molecule has 4 nitrogen and oxygen atoms in total. The Hall–Kier alpha value is -2.56. The van der Waals surface area contributed by atoms with Gasteiger partial charge in [-0.2, -0.15) is 0 Å². The highest BCUT2D eigenvalue weighted by Crippen LogP contribution is 2.34. The molecule has 1 atom stereocenters. The molecule has 1 unspecified atom stereocenters. The number of nitrogens with zero attached hydrogens (tertiary/aromatic N) is 1. The number of urea groups is 1. The van der Waals surface area contributed by atoms with Crippen molar-refractivity contribution >= 4 is 11.7 Å². The smallest absolute Gasteiger partial charge is 0.322 e. The van der Waals surface area contributed by atoms with E-state index in [4.69, 9.17) is 4.74 Å². The van der Waals surface area contributed by atoms with Gasteiger partial charge in [0.1, 0.15) is 17.7 Å². The van der Waals surface area contributed by atoms with E-state index >= 15 is 0 Å². The number of hydrogen-bond acceptors (Lipinski definition) is 2. The monoisotopic (exact) mass is 328 g/mol. The second-order valence-electron chi connectivity index (χ2n) is 6.02. The van der Waals surface area contributed by atoms with Gasteiger partial charge in [-0.1, -0.05) is 25.1 Å². The Morgan fingerprint density at radius 1 is 1.29 bits per heavy atom. The minimum absolute atomic E-state index is 0.0169. The van der Waals surface area contributed by atoms with E-state index in [2.05, 4.69) is 5.32 Å². The minimum atomic E-state index is -0.284. The molecular weight excluding hydrogens is 307 g/mol. The molecule has 1 N–H and O–H groups in total. The number of amides is 2. The number of ether oxygens (including phenoxy) is 1. The minimum Gasteiger partial charge on any atom is -0.486 e. The first-order valence-electron chi connectivity index (χ1n) is 8.14. The van der Waals surface area contributed by atoms with Gasteiger partial charge in [-0.25, -0.2) is 9.18 Å². The van der Waals surface area contributed by atoms with E-state index in [1.54, 1.807) is 17.0 Å². The zero-order valence-corrected chi connectivity index (χ0v) is 13.9. The van der Waals surface area contributed by atoms with Gasteiger partial charge >= 0.3 is 6.03 Å². The molecule has 5 heteroatoms. The lowest BCUT2D eigenvalue weighted by atomic mass is 10.1. The third kappa shape index (κ3) is 3.50. The van der Waals surface area contributed by atoms with Crippen molar-refractivity contribution in [2.24, 2.45) is 0 Å². The third-order valence-electron chi connectivity index (χ3n) is 4.14. The molecule has 1 aliphatic heterocycles. The van der Waals surface area contributed by atoms with Gasteiger partial charge < -0.3 is 10.1 Å². The molecular formula is C19H21FN2O2. The van der Waals surface area contributed by atoms with Crippen LogP contribution >= 0.6 is 0 Å². The Bertz CT molecular complexity index is 731. The highest BCUT2D eigenvalue weighted by Gasteiger charge is 2.28. The van der Waals surface area contributed by atoms with Gasteiger partial charge in [-0.15, -0.1) is 0 Å². The van der Waals surface area contributed by atoms with Crippen molar-refractivity contribution in [2.45, 2.75) is 32.9 Å². The van der Waals surface area contributed by atoms with Crippen LogP contribution < -0.4 is 15.0 Å². The zero-order valence-electron chi connectivity index (χ0n) is 13.9. The average Bonchev–Trinajstić information content (AvgIpc) is 2.60. The van der Waals surface area contributed by atoms with Gasteiger partial charge in [-0.3, -0.25) is 4.90 Å². The fourth-order valence-electron chi connectivity index (χ4n) is 2.74. The van der Waals surface area contributed by atoms with Crippen LogP contribution in [0.3, 0.4) is 0 Å². The average molecular weight is 328 g/mol. The Labute approximate surface area is 141 Å². The molecule has 2 aromatic rings. The summed E-state index contributed by atoms with van der Waals surface area (Å²) in [6.45, 7) is 4.90. The molecule has 126 valence electrons. The summed E-state index contributed by atoms with van der Waals surface area (Å²) in [5, 5.41) is 2.90. The van der Waals surface area contributed by atoms with Gasteiger partial charge in [0.2, 0.25) is 0 Å². The van der Waals surface area contributed by atoms with Crippen LogP contribution in [0.4, 0.5) is 14.9 Å². The number of anilines is 1. The number of rotatable bonds is 3. The van der Waals surface area contributed by atoms with Gasteiger partial charge in [0.05, 0.1) is 12.2 Å². The summed E-state index contributed by atoms with van der Waals surface area (Å²) in [6, 6.07) is 11.8. The quantitative estimate of drug-likeness (QED) is 0.924. The molecule has 0 saturated carbocycles. The van der Waals surface area contributed by atoms with E-state index in [1.807, 2.05) is 32.0 Å². The summed E-state index contributed by atoms with van der Waals surface area (Å²) in [4.78, 5) is 14.4. The van der Waals surface area contributed by atoms with Gasteiger partial charge in [0, 0.05) is 6.54 Å². The second kappa shape index (κ2) is 6.91. The maximum absolute atomic E-state index is 13.0. The molecule has 1 aliphatic rings. The number of carbonyl (C=O) groups excluding carboxylic acids is 1. The molecule has 0 aliphatic carbocycles. The Morgan fingerprint density at radius 3 is 2.75 bits per heavy atom. The van der Waals surface area contributed by atoms with Crippen LogP contribution in [0.25, 0.3) is 0 Å². The Balaban J connectivity index is 1.76. The van der Waals surface area contributed by atoms with Crippen LogP contribution in [0.5, 0.6) is 5.75 Å². The van der Waals surface area contributed by atoms with Crippen molar-refractivity contribution in [1.82, 2.24) is 5.32 Å². The van der Waals surface area contributed by atoms with Crippen molar-refractivity contribution < 1.29 is 13.9 Å². The standard InChI is InChI=1S/C19H21FN2O2/c1-3-16-12-22(17-10-13(2)4-9-18(17)24-16)19(23)21-11-14-5-7-15(20)8-6-14/h4-10,16H,3,11-12H2,1-2H3,(H,21,23). The maximum Gasteiger partial charge on any atom is 0.322 e. The molecule has 2 aromatic carbocycles. The van der Waals surface area contributed by atoms with E-state index in [-0.39, 0.29) is 18.0 Å². The lowest BCUT2D eigenvalue weighted by Gasteiger charge is -2.34.